The molecule has 1 fully saturated rings. The van der Waals surface area contributed by atoms with E-state index in [4.69, 9.17) is 0 Å². The van der Waals surface area contributed by atoms with Gasteiger partial charge in [0.25, 0.3) is 0 Å². The average molecular weight is 381 g/mol. The summed E-state index contributed by atoms with van der Waals surface area (Å²) in [5, 5.41) is 7.15. The van der Waals surface area contributed by atoms with Gasteiger partial charge in [0.2, 0.25) is 5.91 Å². The number of fused-ring (bicyclic) bond motifs is 1. The zero-order valence-corrected chi connectivity index (χ0v) is 15.8. The van der Waals surface area contributed by atoms with E-state index in [-0.39, 0.29) is 17.8 Å². The molecule has 3 heterocycles. The first-order valence-electron chi connectivity index (χ1n) is 9.50. The fourth-order valence-electron chi connectivity index (χ4n) is 3.67. The molecule has 1 aromatic carbocycles. The number of carbonyl (C=O) groups is 1. The van der Waals surface area contributed by atoms with E-state index in [9.17, 15) is 9.18 Å². The lowest BCUT2D eigenvalue weighted by molar-refractivity contribution is -0.124. The van der Waals surface area contributed by atoms with Crippen molar-refractivity contribution in [3.8, 4) is 0 Å². The second-order valence-electron chi connectivity index (χ2n) is 7.20. The summed E-state index contributed by atoms with van der Waals surface area (Å²) >= 11 is 0. The quantitative estimate of drug-likeness (QED) is 0.633. The number of hydrogen-bond donors (Lipinski definition) is 3. The Balaban J connectivity index is 1.38. The van der Waals surface area contributed by atoms with E-state index in [1.54, 1.807) is 18.3 Å². The van der Waals surface area contributed by atoms with E-state index >= 15 is 0 Å². The van der Waals surface area contributed by atoms with Crippen LogP contribution < -0.4 is 10.6 Å². The first-order valence-corrected chi connectivity index (χ1v) is 9.50. The first kappa shape index (κ1) is 18.6. The fourth-order valence-corrected chi connectivity index (χ4v) is 3.67. The molecule has 4 rings (SSSR count). The molecule has 1 amide bonds. The van der Waals surface area contributed by atoms with E-state index in [0.717, 1.165) is 40.9 Å². The van der Waals surface area contributed by atoms with Gasteiger partial charge in [-0.15, -0.1) is 0 Å². The van der Waals surface area contributed by atoms with Crippen molar-refractivity contribution in [2.24, 2.45) is 0 Å². The van der Waals surface area contributed by atoms with Gasteiger partial charge in [-0.1, -0.05) is 6.07 Å². The van der Waals surface area contributed by atoms with Gasteiger partial charge in [0.05, 0.1) is 18.3 Å². The van der Waals surface area contributed by atoms with Crippen LogP contribution in [0, 0.1) is 12.7 Å². The molecule has 0 radical (unpaired) electrons. The van der Waals surface area contributed by atoms with Crippen molar-refractivity contribution in [2.75, 3.05) is 19.6 Å². The van der Waals surface area contributed by atoms with Gasteiger partial charge in [0.1, 0.15) is 5.82 Å². The third kappa shape index (κ3) is 4.05. The Morgan fingerprint density at radius 2 is 2.25 bits per heavy atom. The number of piperazine rings is 1. The van der Waals surface area contributed by atoms with Crippen molar-refractivity contribution in [2.45, 2.75) is 26.1 Å². The predicted molar refractivity (Wildman–Crippen MR) is 106 cm³/mol. The number of aryl methyl sites for hydroxylation is 1. The van der Waals surface area contributed by atoms with Gasteiger partial charge >= 0.3 is 0 Å². The van der Waals surface area contributed by atoms with Gasteiger partial charge in [-0.2, -0.15) is 0 Å². The number of H-pyrrole nitrogens is 1. The number of amides is 1. The fraction of sp³-hybridized carbons (Fsp3) is 0.333. The van der Waals surface area contributed by atoms with E-state index in [1.807, 2.05) is 25.1 Å². The topological polar surface area (TPSA) is 73.1 Å². The number of rotatable bonds is 5. The Labute approximate surface area is 163 Å². The van der Waals surface area contributed by atoms with Crippen molar-refractivity contribution < 1.29 is 9.18 Å². The smallest absolute Gasteiger partial charge is 0.238 e. The monoisotopic (exact) mass is 381 g/mol. The van der Waals surface area contributed by atoms with Crippen LogP contribution in [0.3, 0.4) is 0 Å². The van der Waals surface area contributed by atoms with Crippen LogP contribution in [0.25, 0.3) is 10.9 Å². The van der Waals surface area contributed by atoms with Crippen LogP contribution in [-0.2, 0) is 17.9 Å². The predicted octanol–water partition coefficient (Wildman–Crippen LogP) is 2.10. The van der Waals surface area contributed by atoms with Gasteiger partial charge in [-0.05, 0) is 42.8 Å². The third-order valence-corrected chi connectivity index (χ3v) is 5.25. The number of hydrogen-bond acceptors (Lipinski definition) is 4. The lowest BCUT2D eigenvalue weighted by atomic mass is 10.1. The van der Waals surface area contributed by atoms with Gasteiger partial charge in [0.15, 0.2) is 0 Å². The molecular formula is C21H24FN5O. The minimum absolute atomic E-state index is 0.0224. The Morgan fingerprint density at radius 3 is 3.07 bits per heavy atom. The second-order valence-corrected chi connectivity index (χ2v) is 7.20. The number of nitrogens with zero attached hydrogens (tertiary/aromatic N) is 2. The van der Waals surface area contributed by atoms with Crippen molar-refractivity contribution >= 4 is 16.8 Å². The number of aromatic nitrogens is 2. The zero-order valence-electron chi connectivity index (χ0n) is 15.8. The van der Waals surface area contributed by atoms with Crippen molar-refractivity contribution in [1.29, 1.82) is 0 Å². The van der Waals surface area contributed by atoms with Crippen molar-refractivity contribution in [3.63, 3.8) is 0 Å². The maximum absolute atomic E-state index is 13.5. The Hall–Kier alpha value is -2.77. The molecule has 0 saturated carbocycles. The van der Waals surface area contributed by atoms with Crippen molar-refractivity contribution in [1.82, 2.24) is 25.5 Å². The third-order valence-electron chi connectivity index (χ3n) is 5.25. The number of halogens is 1. The summed E-state index contributed by atoms with van der Waals surface area (Å²) in [5.74, 6) is -0.251. The molecule has 1 saturated heterocycles. The molecule has 1 aliphatic rings. The number of aromatic amines is 1. The molecule has 2 aromatic heterocycles. The highest BCUT2D eigenvalue weighted by Crippen LogP contribution is 2.24. The van der Waals surface area contributed by atoms with Crippen LogP contribution >= 0.6 is 0 Å². The lowest BCUT2D eigenvalue weighted by Crippen LogP contribution is -2.56. The van der Waals surface area contributed by atoms with Gasteiger partial charge in [-0.3, -0.25) is 14.7 Å². The Bertz CT molecular complexity index is 972. The van der Waals surface area contributed by atoms with E-state index in [1.165, 1.54) is 6.07 Å². The largest absolute Gasteiger partial charge is 0.357 e. The standard InChI is InChI=1S/C21H24FN5O/c1-14-17-10-15(22)5-6-18(17)26-19(14)12-27-9-8-24-20(13-27)21(28)25-11-16-4-2-3-7-23-16/h2-7,10,20,24,26H,8-9,11-13H2,1H3,(H,25,28). The van der Waals surface area contributed by atoms with Crippen LogP contribution in [0.1, 0.15) is 17.0 Å². The summed E-state index contributed by atoms with van der Waals surface area (Å²) in [4.78, 5) is 22.4. The number of pyridine rings is 1. The van der Waals surface area contributed by atoms with Crippen LogP contribution in [0.4, 0.5) is 4.39 Å². The molecule has 6 nitrogen and oxygen atoms in total. The highest BCUT2D eigenvalue weighted by atomic mass is 19.1. The highest BCUT2D eigenvalue weighted by Gasteiger charge is 2.26. The summed E-state index contributed by atoms with van der Waals surface area (Å²) in [6.07, 6.45) is 1.72. The molecule has 1 atom stereocenters. The minimum Gasteiger partial charge on any atom is -0.357 e. The molecule has 7 heteroatoms. The van der Waals surface area contributed by atoms with Gasteiger partial charge in [-0.25, -0.2) is 4.39 Å². The SMILES string of the molecule is Cc1c(CN2CCNC(C(=O)NCc3ccccn3)C2)[nH]c2ccc(F)cc12. The van der Waals surface area contributed by atoms with E-state index in [0.29, 0.717) is 19.6 Å². The van der Waals surface area contributed by atoms with Crippen LogP contribution in [0.5, 0.6) is 0 Å². The molecule has 3 N–H and O–H groups in total. The van der Waals surface area contributed by atoms with Crippen LogP contribution in [0.2, 0.25) is 0 Å². The van der Waals surface area contributed by atoms with E-state index in [2.05, 4.69) is 25.5 Å². The summed E-state index contributed by atoms with van der Waals surface area (Å²) in [6.45, 7) is 5.35. The Morgan fingerprint density at radius 1 is 1.36 bits per heavy atom. The summed E-state index contributed by atoms with van der Waals surface area (Å²) in [6, 6.07) is 10.2. The van der Waals surface area contributed by atoms with Gasteiger partial charge in [0, 0.05) is 49.0 Å². The maximum Gasteiger partial charge on any atom is 0.238 e. The normalized spacial score (nSPS) is 17.7. The molecule has 28 heavy (non-hydrogen) atoms. The number of benzene rings is 1. The minimum atomic E-state index is -0.264. The number of carbonyl (C=O) groups excluding carboxylic acids is 1. The maximum atomic E-state index is 13.5. The molecule has 0 aliphatic carbocycles. The summed E-state index contributed by atoms with van der Waals surface area (Å²) in [7, 11) is 0. The average Bonchev–Trinajstić information content (AvgIpc) is 3.02. The lowest BCUT2D eigenvalue weighted by Gasteiger charge is -2.32. The molecule has 0 spiro atoms. The first-order chi connectivity index (χ1) is 13.6. The molecule has 0 bridgehead atoms. The summed E-state index contributed by atoms with van der Waals surface area (Å²) < 4.78 is 13.5. The molecule has 3 aromatic rings. The zero-order chi connectivity index (χ0) is 19.5. The van der Waals surface area contributed by atoms with Crippen molar-refractivity contribution in [3.05, 3.63) is 65.4 Å². The molecule has 1 aliphatic heterocycles. The number of nitrogens with one attached hydrogen (secondary N) is 3. The Kier molecular flexibility index (Phi) is 5.36. The molecule has 146 valence electrons. The second kappa shape index (κ2) is 8.08. The van der Waals surface area contributed by atoms with Gasteiger partial charge < -0.3 is 15.6 Å². The van der Waals surface area contributed by atoms with E-state index < -0.39 is 0 Å². The van der Waals surface area contributed by atoms with Crippen LogP contribution in [-0.4, -0.2) is 46.5 Å². The molecule has 1 unspecified atom stereocenters. The highest BCUT2D eigenvalue weighted by molar-refractivity contribution is 5.84. The molecular weight excluding hydrogens is 357 g/mol. The summed E-state index contributed by atoms with van der Waals surface area (Å²) in [5.41, 5.74) is 3.90. The van der Waals surface area contributed by atoms with Crippen LogP contribution in [0.15, 0.2) is 42.6 Å².